The van der Waals surface area contributed by atoms with E-state index in [9.17, 15) is 0 Å². The molecule has 2 aromatic heterocycles. The minimum atomic E-state index is -0.416. The number of fused-ring (bicyclic) bond motifs is 14. The minimum absolute atomic E-state index is 0.416. The van der Waals surface area contributed by atoms with Crippen molar-refractivity contribution in [2.24, 2.45) is 0 Å². The number of hydrogen-bond acceptors (Lipinski definition) is 3. The van der Waals surface area contributed by atoms with Crippen molar-refractivity contribution in [2.75, 3.05) is 4.90 Å². The van der Waals surface area contributed by atoms with Gasteiger partial charge < -0.3 is 4.90 Å². The van der Waals surface area contributed by atoms with E-state index in [2.05, 4.69) is 199 Å². The first kappa shape index (κ1) is 30.6. The fourth-order valence-corrected chi connectivity index (χ4v) is 10.7. The van der Waals surface area contributed by atoms with E-state index in [1.54, 1.807) is 0 Å². The van der Waals surface area contributed by atoms with Crippen molar-refractivity contribution in [3.63, 3.8) is 0 Å². The summed E-state index contributed by atoms with van der Waals surface area (Å²) in [4.78, 5) is 7.62. The summed E-state index contributed by atoms with van der Waals surface area (Å²) in [6.45, 7) is 0. The molecule has 55 heavy (non-hydrogen) atoms. The number of aromatic nitrogens is 1. The number of anilines is 3. The van der Waals surface area contributed by atoms with E-state index in [0.717, 1.165) is 22.4 Å². The van der Waals surface area contributed by atoms with Gasteiger partial charge in [0.05, 0.1) is 26.8 Å². The summed E-state index contributed by atoms with van der Waals surface area (Å²) in [5.41, 5.74) is 18.1. The maximum atomic E-state index is 5.14. The Morgan fingerprint density at radius 3 is 1.80 bits per heavy atom. The van der Waals surface area contributed by atoms with Crippen LogP contribution in [0, 0.1) is 0 Å². The van der Waals surface area contributed by atoms with Gasteiger partial charge in [-0.05, 0) is 98.6 Å². The van der Waals surface area contributed by atoms with Gasteiger partial charge >= 0.3 is 0 Å². The Bertz CT molecular complexity index is 3110. The van der Waals surface area contributed by atoms with E-state index < -0.39 is 5.41 Å². The first-order valence-corrected chi connectivity index (χ1v) is 19.7. The fourth-order valence-electron chi connectivity index (χ4n) is 9.59. The second-order valence-corrected chi connectivity index (χ2v) is 15.7. The molecule has 2 aliphatic carbocycles. The molecule has 0 fully saturated rings. The van der Waals surface area contributed by atoms with Gasteiger partial charge in [-0.1, -0.05) is 146 Å². The number of rotatable bonds is 4. The molecule has 2 aliphatic rings. The van der Waals surface area contributed by atoms with Gasteiger partial charge in [-0.25, -0.2) is 4.98 Å². The molecule has 0 radical (unpaired) electrons. The normalized spacial score (nSPS) is 13.2. The maximum Gasteiger partial charge on any atom is 0.0896 e. The topological polar surface area (TPSA) is 16.1 Å². The van der Waals surface area contributed by atoms with Gasteiger partial charge in [-0.3, -0.25) is 0 Å². The predicted molar refractivity (Wildman–Crippen MR) is 231 cm³/mol. The molecule has 8 aromatic carbocycles. The van der Waals surface area contributed by atoms with E-state index in [1.807, 2.05) is 11.3 Å². The monoisotopic (exact) mass is 716 g/mol. The van der Waals surface area contributed by atoms with Gasteiger partial charge in [0.25, 0.3) is 0 Å². The van der Waals surface area contributed by atoms with Gasteiger partial charge in [-0.2, -0.15) is 0 Å². The SMILES string of the molecule is c1ccc(-c2ccc(N(c3ccc4c(c3)sc3cc5ccccc5nc34)c3cccc4c3-c3ccccc3C43c4ccccc4-c4ccccc43)cc2)cc1. The highest BCUT2D eigenvalue weighted by Gasteiger charge is 2.52. The van der Waals surface area contributed by atoms with Crippen LogP contribution in [0.15, 0.2) is 194 Å². The molecule has 3 heteroatoms. The summed E-state index contributed by atoms with van der Waals surface area (Å²) in [6, 6.07) is 71.5. The molecule has 1 spiro atoms. The second-order valence-electron chi connectivity index (χ2n) is 14.6. The zero-order valence-electron chi connectivity index (χ0n) is 29.8. The first-order valence-electron chi connectivity index (χ1n) is 18.9. The fraction of sp³-hybridized carbons (Fsp3) is 0.0192. The van der Waals surface area contributed by atoms with Gasteiger partial charge in [0.15, 0.2) is 0 Å². The van der Waals surface area contributed by atoms with Gasteiger partial charge in [-0.15, -0.1) is 11.3 Å². The van der Waals surface area contributed by atoms with Crippen LogP contribution in [0.3, 0.4) is 0 Å². The van der Waals surface area contributed by atoms with Crippen molar-refractivity contribution in [1.82, 2.24) is 4.98 Å². The number of benzene rings is 8. The van der Waals surface area contributed by atoms with Crippen LogP contribution in [-0.2, 0) is 5.41 Å². The first-order chi connectivity index (χ1) is 27.3. The summed E-state index contributed by atoms with van der Waals surface area (Å²) in [5.74, 6) is 0. The van der Waals surface area contributed by atoms with Crippen LogP contribution < -0.4 is 4.90 Å². The molecule has 2 heterocycles. The molecule has 256 valence electrons. The lowest BCUT2D eigenvalue weighted by Gasteiger charge is -2.31. The zero-order chi connectivity index (χ0) is 36.1. The number of hydrogen-bond donors (Lipinski definition) is 0. The summed E-state index contributed by atoms with van der Waals surface area (Å²) in [6.07, 6.45) is 0. The molecule has 12 rings (SSSR count). The highest BCUT2D eigenvalue weighted by molar-refractivity contribution is 7.25. The van der Waals surface area contributed by atoms with E-state index in [4.69, 9.17) is 4.98 Å². The maximum absolute atomic E-state index is 5.14. The number of nitrogens with zero attached hydrogens (tertiary/aromatic N) is 2. The Morgan fingerprint density at radius 1 is 0.436 bits per heavy atom. The third-order valence-electron chi connectivity index (χ3n) is 11.9. The van der Waals surface area contributed by atoms with Gasteiger partial charge in [0, 0.05) is 32.4 Å². The van der Waals surface area contributed by atoms with E-state index in [1.165, 1.54) is 81.5 Å². The lowest BCUT2D eigenvalue weighted by Crippen LogP contribution is -2.26. The van der Waals surface area contributed by atoms with Gasteiger partial charge in [0.2, 0.25) is 0 Å². The summed E-state index contributed by atoms with van der Waals surface area (Å²) < 4.78 is 2.43. The summed E-state index contributed by atoms with van der Waals surface area (Å²) in [7, 11) is 0. The third-order valence-corrected chi connectivity index (χ3v) is 12.9. The van der Waals surface area contributed by atoms with E-state index in [-0.39, 0.29) is 0 Å². The minimum Gasteiger partial charge on any atom is -0.310 e. The van der Waals surface area contributed by atoms with E-state index >= 15 is 0 Å². The zero-order valence-corrected chi connectivity index (χ0v) is 30.6. The van der Waals surface area contributed by atoms with Crippen LogP contribution in [-0.4, -0.2) is 4.98 Å². The van der Waals surface area contributed by atoms with Crippen LogP contribution in [0.25, 0.3) is 64.6 Å². The van der Waals surface area contributed by atoms with E-state index in [0.29, 0.717) is 0 Å². The van der Waals surface area contributed by atoms with Crippen LogP contribution in [0.4, 0.5) is 17.1 Å². The lowest BCUT2D eigenvalue weighted by molar-refractivity contribution is 0.794. The molecule has 0 bridgehead atoms. The number of para-hydroxylation sites is 1. The summed E-state index contributed by atoms with van der Waals surface area (Å²) in [5, 5.41) is 2.36. The standard InChI is InChI=1S/C52H32N2S/c1-2-13-33(14-3-1)34-25-27-36(28-26-34)54(37-29-30-41-48(32-37)55-49-31-35-15-4-11-23-46(35)53-51(41)49)47-24-12-22-45-50(47)40-18-7-10-21-44(40)52(45)42-19-8-5-16-38(42)39-17-6-9-20-43(39)52/h1-32H. The van der Waals surface area contributed by atoms with Crippen molar-refractivity contribution in [2.45, 2.75) is 5.41 Å². The highest BCUT2D eigenvalue weighted by atomic mass is 32.1. The average Bonchev–Trinajstić information content (AvgIpc) is 3.87. The molecule has 0 saturated heterocycles. The molecular formula is C52H32N2S. The molecule has 0 aliphatic heterocycles. The van der Waals surface area contributed by atoms with Crippen molar-refractivity contribution in [3.05, 3.63) is 216 Å². The number of thiophene rings is 1. The largest absolute Gasteiger partial charge is 0.310 e. The Morgan fingerprint density at radius 2 is 1.04 bits per heavy atom. The Kier molecular flexibility index (Phi) is 6.46. The molecular weight excluding hydrogens is 685 g/mol. The molecule has 0 saturated carbocycles. The smallest absolute Gasteiger partial charge is 0.0896 e. The summed E-state index contributed by atoms with van der Waals surface area (Å²) >= 11 is 1.82. The molecule has 0 atom stereocenters. The van der Waals surface area contributed by atoms with Gasteiger partial charge in [0.1, 0.15) is 0 Å². The predicted octanol–water partition coefficient (Wildman–Crippen LogP) is 14.1. The quantitative estimate of drug-likeness (QED) is 0.180. The van der Waals surface area contributed by atoms with Crippen molar-refractivity contribution < 1.29 is 0 Å². The van der Waals surface area contributed by atoms with Crippen LogP contribution in [0.5, 0.6) is 0 Å². The highest BCUT2D eigenvalue weighted by Crippen LogP contribution is 2.64. The number of pyridine rings is 1. The second kappa shape index (κ2) is 11.6. The van der Waals surface area contributed by atoms with Crippen LogP contribution in [0.1, 0.15) is 22.3 Å². The van der Waals surface area contributed by atoms with Crippen molar-refractivity contribution in [3.8, 4) is 33.4 Å². The Hall–Kier alpha value is -6.81. The van der Waals surface area contributed by atoms with Crippen LogP contribution >= 0.6 is 11.3 Å². The molecule has 0 amide bonds. The molecule has 0 unspecified atom stereocenters. The van der Waals surface area contributed by atoms with Crippen molar-refractivity contribution >= 4 is 59.6 Å². The molecule has 10 aromatic rings. The average molecular weight is 717 g/mol. The Balaban J connectivity index is 1.12. The Labute approximate surface area is 323 Å². The molecule has 0 N–H and O–H groups in total. The lowest BCUT2D eigenvalue weighted by atomic mass is 9.70. The van der Waals surface area contributed by atoms with Crippen LogP contribution in [0.2, 0.25) is 0 Å². The van der Waals surface area contributed by atoms with Crippen molar-refractivity contribution in [1.29, 1.82) is 0 Å². The molecule has 2 nitrogen and oxygen atoms in total. The third kappa shape index (κ3) is 4.27.